The van der Waals surface area contributed by atoms with Gasteiger partial charge in [-0.3, -0.25) is 9.59 Å². The molecule has 1 saturated heterocycles. The lowest BCUT2D eigenvalue weighted by atomic mass is 9.72. The summed E-state index contributed by atoms with van der Waals surface area (Å²) in [5.74, 6) is 0.690. The lowest BCUT2D eigenvalue weighted by molar-refractivity contribution is -0.129. The zero-order valence-electron chi connectivity index (χ0n) is 19.3. The van der Waals surface area contributed by atoms with Crippen LogP contribution in [0.5, 0.6) is 0 Å². The maximum absolute atomic E-state index is 13.5. The quantitative estimate of drug-likeness (QED) is 0.550. The molecule has 1 unspecified atom stereocenters. The Morgan fingerprint density at radius 2 is 1.70 bits per heavy atom. The van der Waals surface area contributed by atoms with E-state index in [9.17, 15) is 9.59 Å². The topological polar surface area (TPSA) is 70.2 Å². The molecule has 0 bridgehead atoms. The summed E-state index contributed by atoms with van der Waals surface area (Å²) in [6.45, 7) is 2.31. The summed E-state index contributed by atoms with van der Waals surface area (Å²) in [7, 11) is 2.69. The third-order valence-corrected chi connectivity index (χ3v) is 7.67. The number of rotatable bonds is 7. The van der Waals surface area contributed by atoms with Gasteiger partial charge in [0.25, 0.3) is 0 Å². The summed E-state index contributed by atoms with van der Waals surface area (Å²) in [5, 5.41) is 11.0. The third kappa shape index (κ3) is 6.22. The van der Waals surface area contributed by atoms with E-state index < -0.39 is 5.41 Å². The monoisotopic (exact) mass is 465 g/mol. The summed E-state index contributed by atoms with van der Waals surface area (Å²) >= 11 is 0. The fraction of sp³-hybridized carbons (Fsp3) is 0.481. The van der Waals surface area contributed by atoms with Crippen LogP contribution in [-0.4, -0.2) is 30.9 Å². The average molecular weight is 466 g/mol. The second-order valence-corrected chi connectivity index (χ2v) is 10.3. The van der Waals surface area contributed by atoms with Gasteiger partial charge in [-0.25, -0.2) is 0 Å². The minimum absolute atomic E-state index is 0.120. The largest absolute Gasteiger partial charge is 0.353 e. The van der Waals surface area contributed by atoms with Gasteiger partial charge in [0.2, 0.25) is 11.8 Å². The van der Waals surface area contributed by atoms with Gasteiger partial charge in [-0.05, 0) is 74.0 Å². The molecule has 6 heteroatoms. The highest BCUT2D eigenvalue weighted by molar-refractivity contribution is 7.27. The summed E-state index contributed by atoms with van der Waals surface area (Å²) in [6, 6.07) is 18.6. The number of carbonyl (C=O) groups is 2. The smallest absolute Gasteiger partial charge is 0.230 e. The zero-order chi connectivity index (χ0) is 23.1. The van der Waals surface area contributed by atoms with E-state index in [0.717, 1.165) is 68.0 Å². The highest BCUT2D eigenvalue weighted by Gasteiger charge is 2.42. The molecule has 2 aromatic carbocycles. The van der Waals surface area contributed by atoms with E-state index in [1.165, 1.54) is 0 Å². The molecule has 0 aromatic heterocycles. The number of nitrogens with one attached hydrogen (secondary N) is 3. The SMILES string of the molecule is O=C(C[C@H]1CC[C@@H](NC(=O)C2(c3ccccc3)CCNCC2)CC1)NCc1cccc(P)c1. The maximum atomic E-state index is 13.5. The summed E-state index contributed by atoms with van der Waals surface area (Å²) in [4.78, 5) is 25.9. The van der Waals surface area contributed by atoms with Crippen molar-refractivity contribution in [3.05, 3.63) is 65.7 Å². The van der Waals surface area contributed by atoms with E-state index in [1.807, 2.05) is 36.4 Å². The van der Waals surface area contributed by atoms with Crippen LogP contribution in [0, 0.1) is 5.92 Å². The lowest BCUT2D eigenvalue weighted by Gasteiger charge is -2.39. The first-order valence-electron chi connectivity index (χ1n) is 12.2. The summed E-state index contributed by atoms with van der Waals surface area (Å²) in [5.41, 5.74) is 1.81. The van der Waals surface area contributed by atoms with E-state index in [-0.39, 0.29) is 17.9 Å². The van der Waals surface area contributed by atoms with Crippen LogP contribution in [-0.2, 0) is 21.5 Å². The minimum atomic E-state index is -0.433. The Morgan fingerprint density at radius 3 is 2.39 bits per heavy atom. The van der Waals surface area contributed by atoms with Crippen molar-refractivity contribution in [2.75, 3.05) is 13.1 Å². The minimum Gasteiger partial charge on any atom is -0.353 e. The molecule has 33 heavy (non-hydrogen) atoms. The highest BCUT2D eigenvalue weighted by Crippen LogP contribution is 2.35. The molecule has 1 atom stereocenters. The molecule has 2 fully saturated rings. The van der Waals surface area contributed by atoms with Gasteiger partial charge in [-0.15, -0.1) is 9.24 Å². The molecular weight excluding hydrogens is 429 g/mol. The van der Waals surface area contributed by atoms with Crippen molar-refractivity contribution in [2.24, 2.45) is 5.92 Å². The Hall–Kier alpha value is -2.23. The Balaban J connectivity index is 1.25. The van der Waals surface area contributed by atoms with Gasteiger partial charge in [0.15, 0.2) is 0 Å². The molecule has 2 aliphatic rings. The number of hydrogen-bond donors (Lipinski definition) is 3. The third-order valence-electron chi connectivity index (χ3n) is 7.31. The molecule has 0 radical (unpaired) electrons. The van der Waals surface area contributed by atoms with Crippen LogP contribution >= 0.6 is 9.24 Å². The van der Waals surface area contributed by atoms with E-state index in [1.54, 1.807) is 0 Å². The number of amides is 2. The van der Waals surface area contributed by atoms with Gasteiger partial charge in [-0.2, -0.15) is 0 Å². The van der Waals surface area contributed by atoms with Crippen molar-refractivity contribution in [3.63, 3.8) is 0 Å². The van der Waals surface area contributed by atoms with Gasteiger partial charge in [0.05, 0.1) is 5.41 Å². The van der Waals surface area contributed by atoms with Crippen LogP contribution in [0.3, 0.4) is 0 Å². The zero-order valence-corrected chi connectivity index (χ0v) is 20.5. The fourth-order valence-electron chi connectivity index (χ4n) is 5.33. The van der Waals surface area contributed by atoms with E-state index >= 15 is 0 Å². The molecule has 3 N–H and O–H groups in total. The molecule has 1 aliphatic heterocycles. The predicted octanol–water partition coefficient (Wildman–Crippen LogP) is 3.19. The van der Waals surface area contributed by atoms with Crippen LogP contribution in [0.4, 0.5) is 0 Å². The lowest BCUT2D eigenvalue weighted by Crippen LogP contribution is -2.53. The molecule has 4 rings (SSSR count). The average Bonchev–Trinajstić information content (AvgIpc) is 2.85. The first-order valence-corrected chi connectivity index (χ1v) is 12.8. The van der Waals surface area contributed by atoms with Crippen molar-refractivity contribution >= 4 is 26.4 Å². The number of hydrogen-bond acceptors (Lipinski definition) is 3. The van der Waals surface area contributed by atoms with Gasteiger partial charge < -0.3 is 16.0 Å². The molecule has 1 saturated carbocycles. The second-order valence-electron chi connectivity index (χ2n) is 9.62. The van der Waals surface area contributed by atoms with Crippen molar-refractivity contribution in [1.82, 2.24) is 16.0 Å². The first-order chi connectivity index (χ1) is 16.0. The summed E-state index contributed by atoms with van der Waals surface area (Å²) in [6.07, 6.45) is 6.10. The Bertz CT molecular complexity index is 935. The van der Waals surface area contributed by atoms with Gasteiger partial charge in [0.1, 0.15) is 0 Å². The molecular formula is C27H36N3O2P. The van der Waals surface area contributed by atoms with Crippen LogP contribution < -0.4 is 21.3 Å². The highest BCUT2D eigenvalue weighted by atomic mass is 31.0. The maximum Gasteiger partial charge on any atom is 0.230 e. The van der Waals surface area contributed by atoms with E-state index in [2.05, 4.69) is 43.4 Å². The Kier molecular flexibility index (Phi) is 8.16. The fourth-order valence-corrected chi connectivity index (χ4v) is 5.66. The van der Waals surface area contributed by atoms with Crippen molar-refractivity contribution in [2.45, 2.75) is 62.9 Å². The van der Waals surface area contributed by atoms with Gasteiger partial charge in [-0.1, -0.05) is 54.6 Å². The predicted molar refractivity (Wildman–Crippen MR) is 136 cm³/mol. The number of piperidine rings is 1. The van der Waals surface area contributed by atoms with Crippen molar-refractivity contribution in [3.8, 4) is 0 Å². The van der Waals surface area contributed by atoms with Crippen LogP contribution in [0.15, 0.2) is 54.6 Å². The first kappa shape index (κ1) is 23.9. The normalized spacial score (nSPS) is 22.3. The standard InChI is InChI=1S/C27H36N3O2P/c31-25(29-19-21-5-4-8-24(33)17-21)18-20-9-11-23(12-10-20)30-26(32)27(13-15-28-16-14-27)22-6-2-1-3-7-22/h1-8,17,20,23,28H,9-16,18-19,33H2,(H,29,31)(H,30,32)/t20-,23+. The summed E-state index contributed by atoms with van der Waals surface area (Å²) < 4.78 is 0. The number of benzene rings is 2. The molecule has 1 aliphatic carbocycles. The van der Waals surface area contributed by atoms with Gasteiger partial charge in [0, 0.05) is 19.0 Å². The van der Waals surface area contributed by atoms with Crippen molar-refractivity contribution < 1.29 is 9.59 Å². The van der Waals surface area contributed by atoms with Crippen LogP contribution in [0.25, 0.3) is 0 Å². The molecule has 5 nitrogen and oxygen atoms in total. The second kappa shape index (κ2) is 11.3. The van der Waals surface area contributed by atoms with Crippen molar-refractivity contribution in [1.29, 1.82) is 0 Å². The number of carbonyl (C=O) groups excluding carboxylic acids is 2. The molecule has 0 spiro atoms. The Labute approximate surface area is 199 Å². The van der Waals surface area contributed by atoms with Gasteiger partial charge >= 0.3 is 0 Å². The molecule has 2 aromatic rings. The van der Waals surface area contributed by atoms with Crippen LogP contribution in [0.1, 0.15) is 56.1 Å². The molecule has 2 amide bonds. The Morgan fingerprint density at radius 1 is 0.970 bits per heavy atom. The van der Waals surface area contributed by atoms with E-state index in [4.69, 9.17) is 0 Å². The van der Waals surface area contributed by atoms with E-state index in [0.29, 0.717) is 18.9 Å². The molecule has 176 valence electrons. The van der Waals surface area contributed by atoms with Crippen LogP contribution in [0.2, 0.25) is 0 Å². The molecule has 1 heterocycles.